The molecule has 1 atom stereocenters. The molecule has 0 fully saturated rings. The second kappa shape index (κ2) is 11.4. The van der Waals surface area contributed by atoms with Crippen LogP contribution in [-0.2, 0) is 22.6 Å². The maximum Gasteiger partial charge on any atom is 0.335 e. The Balaban J connectivity index is 1.47. The summed E-state index contributed by atoms with van der Waals surface area (Å²) in [6.07, 6.45) is 4.37. The predicted octanol–water partition coefficient (Wildman–Crippen LogP) is 3.25. The minimum absolute atomic E-state index is 0.0387. The van der Waals surface area contributed by atoms with Gasteiger partial charge < -0.3 is 15.3 Å². The lowest BCUT2D eigenvalue weighted by molar-refractivity contribution is -0.135. The number of hydrazine groups is 2. The summed E-state index contributed by atoms with van der Waals surface area (Å²) in [7, 11) is 0. The number of carbonyl (C=O) groups is 3. The zero-order valence-electron chi connectivity index (χ0n) is 22.1. The number of nitrogens with zero attached hydrogens (tertiary/aromatic N) is 5. The molecule has 0 aliphatic carbocycles. The molecule has 3 heterocycles. The Bertz CT molecular complexity index is 1590. The summed E-state index contributed by atoms with van der Waals surface area (Å²) in [5, 5.41) is 21.7. The molecule has 1 aromatic heterocycles. The van der Waals surface area contributed by atoms with Gasteiger partial charge in [0.15, 0.2) is 11.9 Å². The van der Waals surface area contributed by atoms with Crippen molar-refractivity contribution in [2.75, 3.05) is 16.9 Å². The highest BCUT2D eigenvalue weighted by atomic mass is 35.5. The Morgan fingerprint density at radius 3 is 2.63 bits per heavy atom. The third-order valence-corrected chi connectivity index (χ3v) is 7.23. The van der Waals surface area contributed by atoms with E-state index in [-0.39, 0.29) is 22.7 Å². The summed E-state index contributed by atoms with van der Waals surface area (Å²) in [5.41, 5.74) is 8.31. The molecule has 0 spiro atoms. The zero-order chi connectivity index (χ0) is 29.3. The van der Waals surface area contributed by atoms with E-state index in [0.29, 0.717) is 30.0 Å². The number of halogens is 2. The van der Waals surface area contributed by atoms with Crippen molar-refractivity contribution in [3.63, 3.8) is 0 Å². The van der Waals surface area contributed by atoms with Crippen LogP contribution in [0.3, 0.4) is 0 Å². The van der Waals surface area contributed by atoms with Gasteiger partial charge in [-0.1, -0.05) is 11.6 Å². The molecular formula is C27H26ClFN8O4. The maximum absolute atomic E-state index is 15.1. The Hall–Kier alpha value is -4.75. The van der Waals surface area contributed by atoms with E-state index in [4.69, 9.17) is 16.7 Å². The topological polar surface area (TPSA) is 144 Å². The second-order valence-corrected chi connectivity index (χ2v) is 9.69. The standard InChI is InChI=1S/C27H26ClFN8O4/c1-3-36-15(2)18-12-13-35(25(24(18)32-36)26(39)31-17-6-4-16(5-7-17)27(40)41)22(38)11-8-19-21(37-14-30-33-34-37)10-9-20(28)23(19)29/h4-11,14,25,33-34H,3,12-13H2,1-2H3,(H,31,39)(H,40,41)/b11-8+. The van der Waals surface area contributed by atoms with Gasteiger partial charge in [0.25, 0.3) is 5.91 Å². The number of nitrogens with one attached hydrogen (secondary N) is 3. The number of carbonyl (C=O) groups excluding carboxylic acids is 2. The molecule has 0 saturated heterocycles. The van der Waals surface area contributed by atoms with Crippen LogP contribution in [0.2, 0.25) is 5.02 Å². The number of hydrogen-bond acceptors (Lipinski definition) is 8. The monoisotopic (exact) mass is 580 g/mol. The Morgan fingerprint density at radius 1 is 1.22 bits per heavy atom. The van der Waals surface area contributed by atoms with Crippen LogP contribution in [0.5, 0.6) is 0 Å². The first-order valence-corrected chi connectivity index (χ1v) is 13.1. The molecule has 2 amide bonds. The van der Waals surface area contributed by atoms with E-state index in [1.165, 1.54) is 58.7 Å². The summed E-state index contributed by atoms with van der Waals surface area (Å²) in [6, 6.07) is 7.57. The van der Waals surface area contributed by atoms with Gasteiger partial charge in [0.05, 0.1) is 22.0 Å². The summed E-state index contributed by atoms with van der Waals surface area (Å²) >= 11 is 6.02. The van der Waals surface area contributed by atoms with Gasteiger partial charge in [-0.2, -0.15) is 10.2 Å². The third-order valence-electron chi connectivity index (χ3n) is 6.94. The van der Waals surface area contributed by atoms with Gasteiger partial charge in [0.1, 0.15) is 6.34 Å². The SMILES string of the molecule is CCn1nc2c(c1C)CCN(C(=O)/C=C/c1c(N3C=NNN3)ccc(Cl)c1F)C2C(=O)Nc1ccc(C(=O)O)cc1. The summed E-state index contributed by atoms with van der Waals surface area (Å²) in [4.78, 5) is 39.8. The molecule has 1 unspecified atom stereocenters. The van der Waals surface area contributed by atoms with Crippen molar-refractivity contribution in [2.45, 2.75) is 32.9 Å². The molecule has 0 radical (unpaired) electrons. The number of aromatic nitrogens is 2. The van der Waals surface area contributed by atoms with E-state index in [9.17, 15) is 14.4 Å². The first kappa shape index (κ1) is 27.8. The lowest BCUT2D eigenvalue weighted by Gasteiger charge is -2.33. The molecular weight excluding hydrogens is 555 g/mol. The van der Waals surface area contributed by atoms with Gasteiger partial charge in [-0.05, 0) is 62.7 Å². The van der Waals surface area contributed by atoms with Gasteiger partial charge in [0.2, 0.25) is 5.91 Å². The number of carboxylic acid groups (broad SMARTS) is 1. The lowest BCUT2D eigenvalue weighted by Crippen LogP contribution is -2.45. The second-order valence-electron chi connectivity index (χ2n) is 9.29. The molecule has 212 valence electrons. The van der Waals surface area contributed by atoms with E-state index >= 15 is 4.39 Å². The van der Waals surface area contributed by atoms with E-state index in [1.807, 2.05) is 13.8 Å². The fourth-order valence-electron chi connectivity index (χ4n) is 4.86. The first-order chi connectivity index (χ1) is 19.7. The van der Waals surface area contributed by atoms with Crippen LogP contribution < -0.4 is 21.4 Å². The van der Waals surface area contributed by atoms with Crippen molar-refractivity contribution in [2.24, 2.45) is 5.10 Å². The quantitative estimate of drug-likeness (QED) is 0.312. The predicted molar refractivity (Wildman–Crippen MR) is 151 cm³/mol. The molecule has 12 nitrogen and oxygen atoms in total. The number of rotatable bonds is 7. The highest BCUT2D eigenvalue weighted by molar-refractivity contribution is 6.31. The fraction of sp³-hybridized carbons (Fsp3) is 0.222. The van der Waals surface area contributed by atoms with Crippen molar-refractivity contribution >= 4 is 53.2 Å². The number of amides is 2. The van der Waals surface area contributed by atoms with Crippen LogP contribution in [0, 0.1) is 12.7 Å². The van der Waals surface area contributed by atoms with Crippen LogP contribution in [0.1, 0.15) is 45.8 Å². The van der Waals surface area contributed by atoms with Crippen LogP contribution in [0.25, 0.3) is 6.08 Å². The Labute approximate surface area is 239 Å². The van der Waals surface area contributed by atoms with Crippen molar-refractivity contribution in [1.82, 2.24) is 25.7 Å². The van der Waals surface area contributed by atoms with Crippen LogP contribution in [0.15, 0.2) is 47.6 Å². The first-order valence-electron chi connectivity index (χ1n) is 12.7. The molecule has 5 rings (SSSR count). The van der Waals surface area contributed by atoms with E-state index in [1.54, 1.807) is 10.7 Å². The van der Waals surface area contributed by atoms with Gasteiger partial charge in [-0.15, -0.1) is 5.53 Å². The number of hydrazone groups is 1. The minimum atomic E-state index is -1.09. The van der Waals surface area contributed by atoms with Crippen molar-refractivity contribution < 1.29 is 23.9 Å². The smallest absolute Gasteiger partial charge is 0.335 e. The summed E-state index contributed by atoms with van der Waals surface area (Å²) in [5.74, 6) is -2.87. The average molecular weight is 581 g/mol. The van der Waals surface area contributed by atoms with Crippen molar-refractivity contribution in [3.8, 4) is 0 Å². The molecule has 2 aliphatic rings. The van der Waals surface area contributed by atoms with Gasteiger partial charge in [-0.3, -0.25) is 14.3 Å². The number of carboxylic acids is 1. The zero-order valence-corrected chi connectivity index (χ0v) is 22.8. The summed E-state index contributed by atoms with van der Waals surface area (Å²) < 4.78 is 16.9. The van der Waals surface area contributed by atoms with Crippen LogP contribution >= 0.6 is 11.6 Å². The number of fused-ring (bicyclic) bond motifs is 1. The van der Waals surface area contributed by atoms with Gasteiger partial charge >= 0.3 is 5.97 Å². The molecule has 41 heavy (non-hydrogen) atoms. The van der Waals surface area contributed by atoms with E-state index in [2.05, 4.69) is 26.6 Å². The number of benzene rings is 2. The van der Waals surface area contributed by atoms with E-state index < -0.39 is 29.6 Å². The summed E-state index contributed by atoms with van der Waals surface area (Å²) in [6.45, 7) is 4.65. The Morgan fingerprint density at radius 2 is 1.98 bits per heavy atom. The number of aryl methyl sites for hydroxylation is 1. The molecule has 0 saturated carbocycles. The van der Waals surface area contributed by atoms with Crippen molar-refractivity contribution in [1.29, 1.82) is 0 Å². The van der Waals surface area contributed by atoms with E-state index in [0.717, 1.165) is 11.3 Å². The molecule has 14 heteroatoms. The highest BCUT2D eigenvalue weighted by Gasteiger charge is 2.39. The molecule has 3 aromatic rings. The maximum atomic E-state index is 15.1. The lowest BCUT2D eigenvalue weighted by atomic mass is 9.96. The third kappa shape index (κ3) is 5.36. The fourth-order valence-corrected chi connectivity index (χ4v) is 5.02. The van der Waals surface area contributed by atoms with Gasteiger partial charge in [-0.25, -0.2) is 19.7 Å². The van der Waals surface area contributed by atoms with Crippen molar-refractivity contribution in [3.05, 3.63) is 81.4 Å². The minimum Gasteiger partial charge on any atom is -0.478 e. The highest BCUT2D eigenvalue weighted by Crippen LogP contribution is 2.33. The average Bonchev–Trinajstić information content (AvgIpc) is 3.61. The number of hydrogen-bond donors (Lipinski definition) is 4. The van der Waals surface area contributed by atoms with Gasteiger partial charge in [0, 0.05) is 41.7 Å². The normalized spacial score (nSPS) is 16.1. The Kier molecular flexibility index (Phi) is 7.72. The van der Waals surface area contributed by atoms with Crippen LogP contribution in [-0.4, -0.2) is 50.5 Å². The molecule has 0 bridgehead atoms. The largest absolute Gasteiger partial charge is 0.478 e. The molecule has 4 N–H and O–H groups in total. The number of anilines is 2. The van der Waals surface area contributed by atoms with Crippen LogP contribution in [0.4, 0.5) is 15.8 Å². The number of aromatic carboxylic acids is 1. The molecule has 2 aromatic carbocycles. The molecule has 2 aliphatic heterocycles.